The van der Waals surface area contributed by atoms with E-state index >= 15 is 0 Å². The number of non-ortho nitro benzene ring substituents is 1. The van der Waals surface area contributed by atoms with Crippen molar-refractivity contribution in [1.29, 1.82) is 0 Å². The summed E-state index contributed by atoms with van der Waals surface area (Å²) in [5.41, 5.74) is 1.97. The fourth-order valence-corrected chi connectivity index (χ4v) is 2.13. The Hall–Kier alpha value is -1.62. The smallest absolute Gasteiger partial charge is 0.269 e. The van der Waals surface area contributed by atoms with E-state index in [0.717, 1.165) is 11.1 Å². The van der Waals surface area contributed by atoms with Crippen molar-refractivity contribution in [2.45, 2.75) is 13.1 Å². The second-order valence-corrected chi connectivity index (χ2v) is 5.11. The van der Waals surface area contributed by atoms with Crippen molar-refractivity contribution < 1.29 is 4.92 Å². The van der Waals surface area contributed by atoms with Crippen LogP contribution in [0.5, 0.6) is 0 Å². The summed E-state index contributed by atoms with van der Waals surface area (Å²) in [5.74, 6) is 0. The van der Waals surface area contributed by atoms with E-state index in [0.29, 0.717) is 23.1 Å². The van der Waals surface area contributed by atoms with Crippen molar-refractivity contribution in [1.82, 2.24) is 5.32 Å². The molecule has 104 valence electrons. The van der Waals surface area contributed by atoms with E-state index in [1.54, 1.807) is 24.3 Å². The molecule has 0 saturated heterocycles. The number of benzene rings is 2. The molecule has 1 N–H and O–H groups in total. The molecule has 6 heteroatoms. The second kappa shape index (κ2) is 6.70. The Morgan fingerprint density at radius 2 is 1.75 bits per heavy atom. The Kier molecular flexibility index (Phi) is 4.95. The van der Waals surface area contributed by atoms with Gasteiger partial charge in [-0.2, -0.15) is 0 Å². The number of nitrogens with one attached hydrogen (secondary N) is 1. The highest BCUT2D eigenvalue weighted by molar-refractivity contribution is 6.33. The van der Waals surface area contributed by atoms with E-state index in [2.05, 4.69) is 5.32 Å². The van der Waals surface area contributed by atoms with Gasteiger partial charge < -0.3 is 5.32 Å². The van der Waals surface area contributed by atoms with Gasteiger partial charge in [0, 0.05) is 35.3 Å². The zero-order valence-electron chi connectivity index (χ0n) is 10.5. The second-order valence-electron chi connectivity index (χ2n) is 4.26. The molecular formula is C14H12Cl2N2O2. The van der Waals surface area contributed by atoms with Gasteiger partial charge in [0.2, 0.25) is 0 Å². The third-order valence-electron chi connectivity index (χ3n) is 2.80. The molecule has 0 fully saturated rings. The highest BCUT2D eigenvalue weighted by Crippen LogP contribution is 2.20. The molecule has 0 saturated carbocycles. The van der Waals surface area contributed by atoms with Crippen LogP contribution in [0.3, 0.4) is 0 Å². The first-order chi connectivity index (χ1) is 9.56. The van der Waals surface area contributed by atoms with E-state index in [4.69, 9.17) is 23.2 Å². The van der Waals surface area contributed by atoms with Crippen molar-refractivity contribution in [3.63, 3.8) is 0 Å². The first-order valence-corrected chi connectivity index (χ1v) is 6.70. The molecule has 2 aromatic rings. The van der Waals surface area contributed by atoms with Gasteiger partial charge in [-0.3, -0.25) is 10.1 Å². The van der Waals surface area contributed by atoms with Gasteiger partial charge in [-0.25, -0.2) is 0 Å². The fraction of sp³-hybridized carbons (Fsp3) is 0.143. The molecule has 2 aromatic carbocycles. The summed E-state index contributed by atoms with van der Waals surface area (Å²) >= 11 is 12.0. The number of hydrogen-bond acceptors (Lipinski definition) is 3. The topological polar surface area (TPSA) is 55.2 Å². The highest BCUT2D eigenvalue weighted by atomic mass is 35.5. The van der Waals surface area contributed by atoms with E-state index < -0.39 is 4.92 Å². The zero-order chi connectivity index (χ0) is 14.5. The van der Waals surface area contributed by atoms with E-state index in [1.807, 2.05) is 6.07 Å². The molecule has 4 nitrogen and oxygen atoms in total. The Bertz CT molecular complexity index is 615. The summed E-state index contributed by atoms with van der Waals surface area (Å²) in [6.07, 6.45) is 0. The Labute approximate surface area is 126 Å². The van der Waals surface area contributed by atoms with Gasteiger partial charge in [0.1, 0.15) is 0 Å². The molecule has 0 bridgehead atoms. The molecule has 2 rings (SSSR count). The van der Waals surface area contributed by atoms with Crippen LogP contribution in [-0.2, 0) is 13.1 Å². The quantitative estimate of drug-likeness (QED) is 0.665. The van der Waals surface area contributed by atoms with Crippen LogP contribution in [0.25, 0.3) is 0 Å². The van der Waals surface area contributed by atoms with Crippen molar-refractivity contribution in [3.8, 4) is 0 Å². The number of nitro groups is 1. The molecular weight excluding hydrogens is 299 g/mol. The molecule has 0 aliphatic heterocycles. The number of halogens is 2. The van der Waals surface area contributed by atoms with E-state index in [-0.39, 0.29) is 5.69 Å². The normalized spacial score (nSPS) is 10.5. The maximum absolute atomic E-state index is 10.5. The van der Waals surface area contributed by atoms with Crippen LogP contribution in [-0.4, -0.2) is 4.92 Å². The fourth-order valence-electron chi connectivity index (χ4n) is 1.76. The van der Waals surface area contributed by atoms with Crippen LogP contribution in [0.2, 0.25) is 10.0 Å². The predicted octanol–water partition coefficient (Wildman–Crippen LogP) is 4.19. The van der Waals surface area contributed by atoms with Crippen LogP contribution in [0.15, 0.2) is 42.5 Å². The molecule has 0 aromatic heterocycles. The van der Waals surface area contributed by atoms with Gasteiger partial charge in [0.15, 0.2) is 0 Å². The lowest BCUT2D eigenvalue weighted by molar-refractivity contribution is -0.384. The molecule has 0 unspecified atom stereocenters. The molecule has 0 radical (unpaired) electrons. The van der Waals surface area contributed by atoms with Gasteiger partial charge in [0.05, 0.1) is 4.92 Å². The average Bonchev–Trinajstić information content (AvgIpc) is 2.43. The van der Waals surface area contributed by atoms with Gasteiger partial charge in [-0.05, 0) is 29.3 Å². The van der Waals surface area contributed by atoms with Crippen LogP contribution >= 0.6 is 23.2 Å². The summed E-state index contributed by atoms with van der Waals surface area (Å²) in [6, 6.07) is 11.7. The summed E-state index contributed by atoms with van der Waals surface area (Å²) < 4.78 is 0. The number of nitro benzene ring substituents is 1. The lowest BCUT2D eigenvalue weighted by Crippen LogP contribution is -2.13. The van der Waals surface area contributed by atoms with Crippen molar-refractivity contribution >= 4 is 28.9 Å². The Morgan fingerprint density at radius 3 is 2.40 bits per heavy atom. The Balaban J connectivity index is 1.92. The maximum atomic E-state index is 10.5. The van der Waals surface area contributed by atoms with Crippen molar-refractivity contribution in [2.24, 2.45) is 0 Å². The van der Waals surface area contributed by atoms with E-state index in [9.17, 15) is 10.1 Å². The molecule has 0 spiro atoms. The number of hydrogen-bond donors (Lipinski definition) is 1. The first-order valence-electron chi connectivity index (χ1n) is 5.94. The SMILES string of the molecule is O=[N+]([O-])c1ccc(CNCc2cc(Cl)ccc2Cl)cc1. The minimum atomic E-state index is -0.414. The monoisotopic (exact) mass is 310 g/mol. The molecule has 0 amide bonds. The lowest BCUT2D eigenvalue weighted by atomic mass is 10.2. The summed E-state index contributed by atoms with van der Waals surface area (Å²) in [7, 11) is 0. The van der Waals surface area contributed by atoms with E-state index in [1.165, 1.54) is 12.1 Å². The van der Waals surface area contributed by atoms with Crippen molar-refractivity contribution in [2.75, 3.05) is 0 Å². The van der Waals surface area contributed by atoms with Gasteiger partial charge in [-0.1, -0.05) is 35.3 Å². The molecule has 0 aliphatic carbocycles. The van der Waals surface area contributed by atoms with Crippen molar-refractivity contribution in [3.05, 3.63) is 73.8 Å². The zero-order valence-corrected chi connectivity index (χ0v) is 12.0. The predicted molar refractivity (Wildman–Crippen MR) is 80.1 cm³/mol. The first kappa shape index (κ1) is 14.8. The molecule has 0 aliphatic rings. The number of rotatable bonds is 5. The summed E-state index contributed by atoms with van der Waals surface area (Å²) in [4.78, 5) is 10.1. The van der Waals surface area contributed by atoms with Gasteiger partial charge in [-0.15, -0.1) is 0 Å². The maximum Gasteiger partial charge on any atom is 0.269 e. The standard InChI is InChI=1S/C14H12Cl2N2O2/c15-12-3-6-14(16)11(7-12)9-17-8-10-1-4-13(5-2-10)18(19)20/h1-7,17H,8-9H2. The van der Waals surface area contributed by atoms with Crippen LogP contribution < -0.4 is 5.32 Å². The largest absolute Gasteiger partial charge is 0.309 e. The minimum absolute atomic E-state index is 0.0895. The summed E-state index contributed by atoms with van der Waals surface area (Å²) in [5, 5.41) is 15.1. The third-order valence-corrected chi connectivity index (χ3v) is 3.40. The highest BCUT2D eigenvalue weighted by Gasteiger charge is 2.04. The lowest BCUT2D eigenvalue weighted by Gasteiger charge is -2.07. The minimum Gasteiger partial charge on any atom is -0.309 e. The summed E-state index contributed by atoms with van der Waals surface area (Å²) in [6.45, 7) is 1.18. The van der Waals surface area contributed by atoms with Crippen LogP contribution in [0, 0.1) is 10.1 Å². The number of nitrogens with zero attached hydrogens (tertiary/aromatic N) is 1. The van der Waals surface area contributed by atoms with Gasteiger partial charge >= 0.3 is 0 Å². The van der Waals surface area contributed by atoms with Crippen LogP contribution in [0.4, 0.5) is 5.69 Å². The van der Waals surface area contributed by atoms with Crippen LogP contribution in [0.1, 0.15) is 11.1 Å². The third kappa shape index (κ3) is 3.93. The molecule has 0 heterocycles. The average molecular weight is 311 g/mol. The molecule has 20 heavy (non-hydrogen) atoms. The molecule has 0 atom stereocenters. The van der Waals surface area contributed by atoms with Gasteiger partial charge in [0.25, 0.3) is 5.69 Å². The Morgan fingerprint density at radius 1 is 1.05 bits per heavy atom.